The molecule has 4 heteroatoms. The van der Waals surface area contributed by atoms with Crippen LogP contribution in [-0.2, 0) is 6.54 Å². The highest BCUT2D eigenvalue weighted by atomic mass is 79.9. The third-order valence-electron chi connectivity index (χ3n) is 2.86. The van der Waals surface area contributed by atoms with Crippen molar-refractivity contribution in [2.24, 2.45) is 0 Å². The molecule has 0 bridgehead atoms. The van der Waals surface area contributed by atoms with Crippen molar-refractivity contribution >= 4 is 27.3 Å². The van der Waals surface area contributed by atoms with Crippen molar-refractivity contribution in [2.45, 2.75) is 25.9 Å². The molecule has 1 N–H and O–H groups in total. The molecule has 0 aliphatic rings. The van der Waals surface area contributed by atoms with E-state index in [1.54, 1.807) is 23.5 Å². The molecule has 1 aromatic carbocycles. The second-order valence-corrected chi connectivity index (χ2v) is 5.94. The molecule has 1 heterocycles. The summed E-state index contributed by atoms with van der Waals surface area (Å²) in [6.07, 6.45) is 0.937. The summed E-state index contributed by atoms with van der Waals surface area (Å²) in [6, 6.07) is 9.04. The average molecular weight is 328 g/mol. The van der Waals surface area contributed by atoms with Crippen LogP contribution in [0.5, 0.6) is 0 Å². The molecule has 1 nitrogen and oxygen atoms in total. The number of benzene rings is 1. The number of thiophene rings is 1. The number of halogens is 2. The molecular weight excluding hydrogens is 313 g/mol. The van der Waals surface area contributed by atoms with E-state index in [1.165, 1.54) is 10.9 Å². The van der Waals surface area contributed by atoms with E-state index in [1.807, 2.05) is 12.1 Å². The van der Waals surface area contributed by atoms with Gasteiger partial charge >= 0.3 is 0 Å². The number of hydrogen-bond acceptors (Lipinski definition) is 2. The van der Waals surface area contributed by atoms with Gasteiger partial charge in [-0.25, -0.2) is 4.39 Å². The minimum atomic E-state index is -0.176. The molecule has 0 radical (unpaired) electrons. The third kappa shape index (κ3) is 3.40. The largest absolute Gasteiger partial charge is 0.305 e. The molecule has 0 fully saturated rings. The fourth-order valence-corrected chi connectivity index (χ4v) is 3.33. The molecule has 0 amide bonds. The van der Waals surface area contributed by atoms with Gasteiger partial charge in [0.05, 0.1) is 0 Å². The monoisotopic (exact) mass is 327 g/mol. The molecule has 1 aromatic heterocycles. The minimum absolute atomic E-state index is 0.176. The summed E-state index contributed by atoms with van der Waals surface area (Å²) in [5, 5.41) is 5.53. The Kier molecular flexibility index (Phi) is 4.92. The van der Waals surface area contributed by atoms with Crippen LogP contribution in [0.25, 0.3) is 0 Å². The molecular formula is C14H15BrFNS. The summed E-state index contributed by atoms with van der Waals surface area (Å²) in [4.78, 5) is 1.27. The molecule has 1 unspecified atom stereocenters. The van der Waals surface area contributed by atoms with Gasteiger partial charge in [-0.1, -0.05) is 19.1 Å². The molecule has 0 saturated carbocycles. The Labute approximate surface area is 119 Å². The summed E-state index contributed by atoms with van der Waals surface area (Å²) in [5.74, 6) is -0.176. The topological polar surface area (TPSA) is 12.0 Å². The van der Waals surface area contributed by atoms with E-state index in [9.17, 15) is 4.39 Å². The number of hydrogen-bond donors (Lipinski definition) is 1. The standard InChI is InChI=1S/C14H15BrFNS/c1-2-13(10-4-3-5-11(16)8-10)17-9-14-12(15)6-7-18-14/h3-8,13,17H,2,9H2,1H3. The molecule has 0 aliphatic heterocycles. The van der Waals surface area contributed by atoms with E-state index in [2.05, 4.69) is 33.6 Å². The molecule has 0 spiro atoms. The summed E-state index contributed by atoms with van der Waals surface area (Å²) in [6.45, 7) is 2.90. The first-order chi connectivity index (χ1) is 8.70. The number of nitrogens with one attached hydrogen (secondary N) is 1. The normalized spacial score (nSPS) is 12.6. The maximum absolute atomic E-state index is 13.2. The van der Waals surface area contributed by atoms with Gasteiger partial charge < -0.3 is 5.32 Å². The van der Waals surface area contributed by atoms with Crippen LogP contribution >= 0.6 is 27.3 Å². The van der Waals surface area contributed by atoms with E-state index < -0.39 is 0 Å². The number of rotatable bonds is 5. The van der Waals surface area contributed by atoms with Gasteiger partial charge in [0.2, 0.25) is 0 Å². The highest BCUT2D eigenvalue weighted by Gasteiger charge is 2.10. The zero-order chi connectivity index (χ0) is 13.0. The van der Waals surface area contributed by atoms with Crippen LogP contribution in [0.3, 0.4) is 0 Å². The molecule has 18 heavy (non-hydrogen) atoms. The molecule has 1 atom stereocenters. The SMILES string of the molecule is CCC(NCc1sccc1Br)c1cccc(F)c1. The van der Waals surface area contributed by atoms with E-state index in [0.29, 0.717) is 0 Å². The lowest BCUT2D eigenvalue weighted by atomic mass is 10.0. The molecule has 2 rings (SSSR count). The Bertz CT molecular complexity index is 512. The predicted molar refractivity (Wildman–Crippen MR) is 78.3 cm³/mol. The summed E-state index contributed by atoms with van der Waals surface area (Å²) in [7, 11) is 0. The Balaban J connectivity index is 2.04. The summed E-state index contributed by atoms with van der Waals surface area (Å²) >= 11 is 5.23. The second-order valence-electron chi connectivity index (χ2n) is 4.09. The van der Waals surface area contributed by atoms with Crippen LogP contribution in [0.4, 0.5) is 4.39 Å². The average Bonchev–Trinajstić information content (AvgIpc) is 2.76. The van der Waals surface area contributed by atoms with Crippen molar-refractivity contribution in [3.05, 3.63) is 56.4 Å². The second kappa shape index (κ2) is 6.45. The smallest absolute Gasteiger partial charge is 0.123 e. The van der Waals surface area contributed by atoms with Crippen molar-refractivity contribution < 1.29 is 4.39 Å². The lowest BCUT2D eigenvalue weighted by molar-refractivity contribution is 0.516. The van der Waals surface area contributed by atoms with Crippen molar-refractivity contribution in [3.63, 3.8) is 0 Å². The van der Waals surface area contributed by atoms with Gasteiger partial charge in [-0.3, -0.25) is 0 Å². The molecule has 0 aliphatic carbocycles. The lowest BCUT2D eigenvalue weighted by Crippen LogP contribution is -2.20. The van der Waals surface area contributed by atoms with Crippen LogP contribution in [0, 0.1) is 5.82 Å². The third-order valence-corrected chi connectivity index (χ3v) is 4.79. The van der Waals surface area contributed by atoms with E-state index in [-0.39, 0.29) is 11.9 Å². The van der Waals surface area contributed by atoms with Crippen LogP contribution in [-0.4, -0.2) is 0 Å². The van der Waals surface area contributed by atoms with Crippen molar-refractivity contribution in [3.8, 4) is 0 Å². The van der Waals surface area contributed by atoms with E-state index in [4.69, 9.17) is 0 Å². The van der Waals surface area contributed by atoms with Gasteiger partial charge in [-0.15, -0.1) is 11.3 Å². The van der Waals surface area contributed by atoms with Crippen LogP contribution < -0.4 is 5.32 Å². The Morgan fingerprint density at radius 3 is 2.83 bits per heavy atom. The quantitative estimate of drug-likeness (QED) is 0.824. The highest BCUT2D eigenvalue weighted by molar-refractivity contribution is 9.10. The predicted octanol–water partition coefficient (Wildman–Crippen LogP) is 4.89. The van der Waals surface area contributed by atoms with Crippen molar-refractivity contribution in [1.82, 2.24) is 5.32 Å². The van der Waals surface area contributed by atoms with Gasteiger partial charge in [0, 0.05) is 21.9 Å². The molecule has 2 aromatic rings. The first-order valence-electron chi connectivity index (χ1n) is 5.91. The lowest BCUT2D eigenvalue weighted by Gasteiger charge is -2.17. The Morgan fingerprint density at radius 1 is 1.39 bits per heavy atom. The van der Waals surface area contributed by atoms with Gasteiger partial charge in [0.15, 0.2) is 0 Å². The zero-order valence-electron chi connectivity index (χ0n) is 10.1. The summed E-state index contributed by atoms with van der Waals surface area (Å²) < 4.78 is 14.3. The van der Waals surface area contributed by atoms with Crippen molar-refractivity contribution in [2.75, 3.05) is 0 Å². The van der Waals surface area contributed by atoms with Gasteiger partial charge in [-0.2, -0.15) is 0 Å². The van der Waals surface area contributed by atoms with E-state index in [0.717, 1.165) is 23.0 Å². The molecule has 96 valence electrons. The van der Waals surface area contributed by atoms with Gasteiger partial charge in [-0.05, 0) is 51.5 Å². The van der Waals surface area contributed by atoms with Crippen molar-refractivity contribution in [1.29, 1.82) is 0 Å². The van der Waals surface area contributed by atoms with Crippen LogP contribution in [0.15, 0.2) is 40.2 Å². The minimum Gasteiger partial charge on any atom is -0.305 e. The summed E-state index contributed by atoms with van der Waals surface area (Å²) in [5.41, 5.74) is 1.00. The first-order valence-corrected chi connectivity index (χ1v) is 7.58. The van der Waals surface area contributed by atoms with E-state index >= 15 is 0 Å². The fourth-order valence-electron chi connectivity index (χ4n) is 1.89. The van der Waals surface area contributed by atoms with Gasteiger partial charge in [0.1, 0.15) is 5.82 Å². The van der Waals surface area contributed by atoms with Gasteiger partial charge in [0.25, 0.3) is 0 Å². The maximum Gasteiger partial charge on any atom is 0.123 e. The zero-order valence-corrected chi connectivity index (χ0v) is 12.5. The maximum atomic E-state index is 13.2. The van der Waals surface area contributed by atoms with Crippen LogP contribution in [0.2, 0.25) is 0 Å². The van der Waals surface area contributed by atoms with Crippen LogP contribution in [0.1, 0.15) is 29.8 Å². The Hall–Kier alpha value is -0.710. The molecule has 0 saturated heterocycles. The fraction of sp³-hybridized carbons (Fsp3) is 0.286. The Morgan fingerprint density at radius 2 is 2.22 bits per heavy atom. The highest BCUT2D eigenvalue weighted by Crippen LogP contribution is 2.24. The first kappa shape index (κ1) is 13.7.